The number of benzene rings is 2. The Hall–Kier alpha value is -2.79. The number of nitrogens with zero attached hydrogens (tertiary/aromatic N) is 1. The fourth-order valence-electron chi connectivity index (χ4n) is 2.45. The Kier molecular flexibility index (Phi) is 6.28. The Bertz CT molecular complexity index is 851. The molecule has 5 heteroatoms. The highest BCUT2D eigenvalue weighted by Gasteiger charge is 2.02. The molecule has 1 aromatic heterocycles. The van der Waals surface area contributed by atoms with E-state index in [4.69, 9.17) is 9.84 Å². The van der Waals surface area contributed by atoms with E-state index in [1.807, 2.05) is 66.7 Å². The Labute approximate surface area is 156 Å². The van der Waals surface area contributed by atoms with Crippen molar-refractivity contribution in [2.24, 2.45) is 0 Å². The minimum Gasteiger partial charge on any atom is -0.489 e. The summed E-state index contributed by atoms with van der Waals surface area (Å²) in [5, 5.41) is 8.70. The second kappa shape index (κ2) is 9.06. The number of thioether (sulfide) groups is 1. The van der Waals surface area contributed by atoms with Crippen LogP contribution in [0.1, 0.15) is 11.1 Å². The summed E-state index contributed by atoms with van der Waals surface area (Å²) in [5.41, 5.74) is 4.16. The number of ether oxygens (including phenoxy) is 1. The highest BCUT2D eigenvalue weighted by atomic mass is 32.2. The molecule has 0 amide bonds. The van der Waals surface area contributed by atoms with Gasteiger partial charge in [0.1, 0.15) is 12.4 Å². The van der Waals surface area contributed by atoms with Crippen LogP contribution >= 0.6 is 11.8 Å². The highest BCUT2D eigenvalue weighted by molar-refractivity contribution is 7.99. The monoisotopic (exact) mass is 365 g/mol. The quantitative estimate of drug-likeness (QED) is 0.630. The summed E-state index contributed by atoms with van der Waals surface area (Å²) < 4.78 is 5.86. The summed E-state index contributed by atoms with van der Waals surface area (Å²) in [6.07, 6.45) is 1.79. The zero-order valence-corrected chi connectivity index (χ0v) is 15.0. The molecule has 0 aliphatic carbocycles. The van der Waals surface area contributed by atoms with Gasteiger partial charge in [0.05, 0.1) is 11.4 Å². The van der Waals surface area contributed by atoms with E-state index in [1.54, 1.807) is 6.20 Å². The van der Waals surface area contributed by atoms with Gasteiger partial charge in [-0.2, -0.15) is 0 Å². The number of hydrogen-bond donors (Lipinski definition) is 1. The van der Waals surface area contributed by atoms with E-state index in [2.05, 4.69) is 4.98 Å². The number of aliphatic carboxylic acids is 1. The first-order valence-electron chi connectivity index (χ1n) is 8.22. The van der Waals surface area contributed by atoms with Crippen LogP contribution in [0.25, 0.3) is 11.3 Å². The molecule has 0 bridgehead atoms. The van der Waals surface area contributed by atoms with Crippen LogP contribution in [0, 0.1) is 0 Å². The van der Waals surface area contributed by atoms with Crippen LogP contribution < -0.4 is 4.74 Å². The fourth-order valence-corrected chi connectivity index (χ4v) is 3.15. The van der Waals surface area contributed by atoms with E-state index < -0.39 is 5.97 Å². The third kappa shape index (κ3) is 5.36. The normalized spacial score (nSPS) is 10.5. The number of rotatable bonds is 8. The molecule has 0 aliphatic heterocycles. The smallest absolute Gasteiger partial charge is 0.313 e. The van der Waals surface area contributed by atoms with Gasteiger partial charge in [-0.25, -0.2) is 0 Å². The standard InChI is InChI=1S/C21H19NO3S/c23-21(24)15-26-14-17-4-3-5-19(12-17)25-13-16-7-9-18(10-8-16)20-6-1-2-11-22-20/h1-12H,13-15H2,(H,23,24). The van der Waals surface area contributed by atoms with Gasteiger partial charge in [-0.05, 0) is 35.4 Å². The van der Waals surface area contributed by atoms with E-state index in [1.165, 1.54) is 11.8 Å². The number of aromatic nitrogens is 1. The van der Waals surface area contributed by atoms with Gasteiger partial charge in [-0.1, -0.05) is 42.5 Å². The fraction of sp³-hybridized carbons (Fsp3) is 0.143. The number of hydrogen-bond acceptors (Lipinski definition) is 4. The molecule has 0 atom stereocenters. The van der Waals surface area contributed by atoms with E-state index in [9.17, 15) is 4.79 Å². The van der Waals surface area contributed by atoms with Gasteiger partial charge in [0, 0.05) is 17.5 Å². The molecule has 0 radical (unpaired) electrons. The molecular weight excluding hydrogens is 346 g/mol. The number of pyridine rings is 1. The minimum absolute atomic E-state index is 0.105. The third-order valence-corrected chi connectivity index (χ3v) is 4.70. The average molecular weight is 365 g/mol. The van der Waals surface area contributed by atoms with Crippen molar-refractivity contribution >= 4 is 17.7 Å². The van der Waals surface area contributed by atoms with Gasteiger partial charge in [-0.3, -0.25) is 9.78 Å². The van der Waals surface area contributed by atoms with E-state index in [0.717, 1.165) is 28.1 Å². The minimum atomic E-state index is -0.795. The van der Waals surface area contributed by atoms with Crippen molar-refractivity contribution in [3.8, 4) is 17.0 Å². The van der Waals surface area contributed by atoms with Crippen LogP contribution in [0.3, 0.4) is 0 Å². The lowest BCUT2D eigenvalue weighted by molar-refractivity contribution is -0.133. The summed E-state index contributed by atoms with van der Waals surface area (Å²) in [7, 11) is 0. The molecule has 0 fully saturated rings. The first-order valence-corrected chi connectivity index (χ1v) is 9.38. The van der Waals surface area contributed by atoms with Crippen LogP contribution in [0.2, 0.25) is 0 Å². The van der Waals surface area contributed by atoms with Crippen molar-refractivity contribution in [3.63, 3.8) is 0 Å². The Balaban J connectivity index is 1.56. The largest absolute Gasteiger partial charge is 0.489 e. The summed E-state index contributed by atoms with van der Waals surface area (Å²) in [6.45, 7) is 0.480. The second-order valence-electron chi connectivity index (χ2n) is 5.73. The summed E-state index contributed by atoms with van der Waals surface area (Å²) in [4.78, 5) is 14.9. The van der Waals surface area contributed by atoms with Crippen LogP contribution in [0.4, 0.5) is 0 Å². The second-order valence-corrected chi connectivity index (χ2v) is 6.72. The molecule has 0 unspecified atom stereocenters. The van der Waals surface area contributed by atoms with Crippen molar-refractivity contribution in [1.29, 1.82) is 0 Å². The predicted molar refractivity (Wildman–Crippen MR) is 104 cm³/mol. The maximum Gasteiger partial charge on any atom is 0.313 e. The molecule has 26 heavy (non-hydrogen) atoms. The first kappa shape index (κ1) is 18.0. The summed E-state index contributed by atoms with van der Waals surface area (Å²) in [6, 6.07) is 21.8. The third-order valence-electron chi connectivity index (χ3n) is 3.71. The number of carboxylic acid groups (broad SMARTS) is 1. The van der Waals surface area contributed by atoms with Gasteiger partial charge in [0.2, 0.25) is 0 Å². The molecular formula is C21H19NO3S. The lowest BCUT2D eigenvalue weighted by Crippen LogP contribution is -1.98. The lowest BCUT2D eigenvalue weighted by Gasteiger charge is -2.09. The van der Waals surface area contributed by atoms with E-state index >= 15 is 0 Å². The van der Waals surface area contributed by atoms with Gasteiger partial charge in [0.15, 0.2) is 0 Å². The zero-order chi connectivity index (χ0) is 18.2. The maximum absolute atomic E-state index is 10.6. The summed E-state index contributed by atoms with van der Waals surface area (Å²) >= 11 is 1.38. The van der Waals surface area contributed by atoms with Gasteiger partial charge in [0.25, 0.3) is 0 Å². The Morgan fingerprint density at radius 2 is 1.85 bits per heavy atom. The lowest BCUT2D eigenvalue weighted by atomic mass is 10.1. The zero-order valence-electron chi connectivity index (χ0n) is 14.2. The van der Waals surface area contributed by atoms with Crippen molar-refractivity contribution in [2.75, 3.05) is 5.75 Å². The molecule has 1 heterocycles. The van der Waals surface area contributed by atoms with Gasteiger partial charge in [-0.15, -0.1) is 11.8 Å². The van der Waals surface area contributed by atoms with Crippen molar-refractivity contribution in [1.82, 2.24) is 4.98 Å². The first-order chi connectivity index (χ1) is 12.7. The predicted octanol–water partition coefficient (Wildman–Crippen LogP) is 4.65. The van der Waals surface area contributed by atoms with Crippen LogP contribution in [-0.2, 0) is 17.2 Å². The molecule has 0 aliphatic rings. The van der Waals surface area contributed by atoms with Gasteiger partial charge >= 0.3 is 5.97 Å². The number of carbonyl (C=O) groups is 1. The molecule has 0 spiro atoms. The Morgan fingerprint density at radius 1 is 1.00 bits per heavy atom. The topological polar surface area (TPSA) is 59.4 Å². The molecule has 2 aromatic carbocycles. The van der Waals surface area contributed by atoms with Crippen molar-refractivity contribution in [2.45, 2.75) is 12.4 Å². The van der Waals surface area contributed by atoms with E-state index in [-0.39, 0.29) is 5.75 Å². The van der Waals surface area contributed by atoms with Crippen LogP contribution in [0.5, 0.6) is 5.75 Å². The molecule has 3 rings (SSSR count). The van der Waals surface area contributed by atoms with Gasteiger partial charge < -0.3 is 9.84 Å². The molecule has 0 saturated carbocycles. The van der Waals surface area contributed by atoms with Crippen LogP contribution in [-0.4, -0.2) is 21.8 Å². The van der Waals surface area contributed by atoms with E-state index in [0.29, 0.717) is 12.4 Å². The van der Waals surface area contributed by atoms with Crippen LogP contribution in [0.15, 0.2) is 72.9 Å². The average Bonchev–Trinajstić information content (AvgIpc) is 2.68. The molecule has 132 valence electrons. The molecule has 1 N–H and O–H groups in total. The highest BCUT2D eigenvalue weighted by Crippen LogP contribution is 2.21. The number of carboxylic acids is 1. The molecule has 0 saturated heterocycles. The molecule has 4 nitrogen and oxygen atoms in total. The molecule has 3 aromatic rings. The summed E-state index contributed by atoms with van der Waals surface area (Å²) in [5.74, 6) is 0.750. The van der Waals surface area contributed by atoms with Crippen molar-refractivity contribution in [3.05, 3.63) is 84.1 Å². The SMILES string of the molecule is O=C(O)CSCc1cccc(OCc2ccc(-c3ccccn3)cc2)c1. The van der Waals surface area contributed by atoms with Crippen molar-refractivity contribution < 1.29 is 14.6 Å². The maximum atomic E-state index is 10.6. The Morgan fingerprint density at radius 3 is 2.58 bits per heavy atom.